The molecular formula is C15H17NOS2. The number of aliphatic hydroxyl groups is 1. The van der Waals surface area contributed by atoms with Gasteiger partial charge in [0.05, 0.1) is 11.6 Å². The van der Waals surface area contributed by atoms with Crippen LogP contribution in [0.4, 0.5) is 0 Å². The molecule has 3 rings (SSSR count). The molecule has 2 aromatic rings. The summed E-state index contributed by atoms with van der Waals surface area (Å²) in [6.45, 7) is 0. The van der Waals surface area contributed by atoms with E-state index < -0.39 is 0 Å². The van der Waals surface area contributed by atoms with E-state index in [1.165, 1.54) is 11.3 Å². The van der Waals surface area contributed by atoms with Crippen LogP contribution in [0.1, 0.15) is 5.56 Å². The number of nitrogens with zero attached hydrogens (tertiary/aromatic N) is 1. The number of hydrogen-bond acceptors (Lipinski definition) is 4. The fraction of sp³-hybridized carbons (Fsp3) is 0.400. The zero-order chi connectivity index (χ0) is 13.1. The van der Waals surface area contributed by atoms with Crippen molar-refractivity contribution in [3.8, 4) is 0 Å². The maximum Gasteiger partial charge on any atom is 0.0707 e. The van der Waals surface area contributed by atoms with Crippen molar-refractivity contribution in [2.45, 2.75) is 17.8 Å². The van der Waals surface area contributed by atoms with Crippen molar-refractivity contribution in [3.63, 3.8) is 0 Å². The summed E-state index contributed by atoms with van der Waals surface area (Å²) < 4.78 is 0. The number of pyridine rings is 1. The third-order valence-electron chi connectivity index (χ3n) is 3.44. The molecule has 1 saturated heterocycles. The second-order valence-electron chi connectivity index (χ2n) is 4.74. The average Bonchev–Trinajstić information content (AvgIpc) is 2.48. The molecule has 0 saturated carbocycles. The minimum absolute atomic E-state index is 0.261. The van der Waals surface area contributed by atoms with Gasteiger partial charge in [-0.15, -0.1) is 0 Å². The van der Waals surface area contributed by atoms with Gasteiger partial charge < -0.3 is 5.11 Å². The zero-order valence-electron chi connectivity index (χ0n) is 10.7. The number of fused-ring (bicyclic) bond motifs is 1. The van der Waals surface area contributed by atoms with Gasteiger partial charge in [0.2, 0.25) is 0 Å². The first kappa shape index (κ1) is 13.3. The van der Waals surface area contributed by atoms with E-state index in [-0.39, 0.29) is 6.10 Å². The van der Waals surface area contributed by atoms with Crippen LogP contribution in [0.15, 0.2) is 36.5 Å². The normalized spacial score (nSPS) is 21.4. The molecule has 1 aromatic heterocycles. The molecule has 0 spiro atoms. The van der Waals surface area contributed by atoms with Gasteiger partial charge in [0, 0.05) is 40.5 Å². The van der Waals surface area contributed by atoms with E-state index in [1.54, 1.807) is 0 Å². The third-order valence-corrected chi connectivity index (χ3v) is 6.35. The first-order valence-electron chi connectivity index (χ1n) is 6.54. The summed E-state index contributed by atoms with van der Waals surface area (Å²) in [6, 6.07) is 10.2. The SMILES string of the molecule is OC(Cc1ccnc2ccccc12)C1CSCCS1. The van der Waals surface area contributed by atoms with Crippen molar-refractivity contribution in [3.05, 3.63) is 42.1 Å². The van der Waals surface area contributed by atoms with Crippen LogP contribution >= 0.6 is 23.5 Å². The maximum absolute atomic E-state index is 10.4. The van der Waals surface area contributed by atoms with Gasteiger partial charge in [-0.2, -0.15) is 23.5 Å². The highest BCUT2D eigenvalue weighted by atomic mass is 32.2. The van der Waals surface area contributed by atoms with Gasteiger partial charge in [-0.05, 0) is 17.7 Å². The highest BCUT2D eigenvalue weighted by Gasteiger charge is 2.23. The lowest BCUT2D eigenvalue weighted by Crippen LogP contribution is -2.30. The summed E-state index contributed by atoms with van der Waals surface area (Å²) in [5.74, 6) is 3.43. The second-order valence-corrected chi connectivity index (χ2v) is 7.24. The summed E-state index contributed by atoms with van der Waals surface area (Å²) in [5.41, 5.74) is 2.21. The minimum atomic E-state index is -0.261. The van der Waals surface area contributed by atoms with E-state index in [1.807, 2.05) is 54.0 Å². The molecule has 19 heavy (non-hydrogen) atoms. The number of rotatable bonds is 3. The monoisotopic (exact) mass is 291 g/mol. The molecule has 1 aliphatic heterocycles. The molecule has 1 fully saturated rings. The molecule has 2 unspecified atom stereocenters. The molecule has 0 radical (unpaired) electrons. The molecule has 1 N–H and O–H groups in total. The van der Waals surface area contributed by atoms with Crippen LogP contribution in [-0.4, -0.2) is 38.7 Å². The number of para-hydroxylation sites is 1. The van der Waals surface area contributed by atoms with Crippen LogP contribution in [0.25, 0.3) is 10.9 Å². The van der Waals surface area contributed by atoms with Gasteiger partial charge in [0.25, 0.3) is 0 Å². The van der Waals surface area contributed by atoms with Gasteiger partial charge in [-0.3, -0.25) is 4.98 Å². The first-order valence-corrected chi connectivity index (χ1v) is 8.75. The highest BCUT2D eigenvalue weighted by Crippen LogP contribution is 2.28. The van der Waals surface area contributed by atoms with E-state index >= 15 is 0 Å². The molecule has 0 bridgehead atoms. The van der Waals surface area contributed by atoms with Crippen molar-refractivity contribution in [2.75, 3.05) is 17.3 Å². The Hall–Kier alpha value is -0.710. The van der Waals surface area contributed by atoms with E-state index in [0.717, 1.165) is 28.8 Å². The molecule has 100 valence electrons. The molecule has 2 nitrogen and oxygen atoms in total. The van der Waals surface area contributed by atoms with Crippen LogP contribution in [0, 0.1) is 0 Å². The molecule has 1 aromatic carbocycles. The summed E-state index contributed by atoms with van der Waals surface area (Å²) in [7, 11) is 0. The smallest absolute Gasteiger partial charge is 0.0707 e. The molecule has 1 aliphatic rings. The van der Waals surface area contributed by atoms with Gasteiger partial charge in [-0.25, -0.2) is 0 Å². The number of thioether (sulfide) groups is 2. The molecule has 0 amide bonds. The van der Waals surface area contributed by atoms with Crippen molar-refractivity contribution in [1.82, 2.24) is 4.98 Å². The summed E-state index contributed by atoms with van der Waals surface area (Å²) in [6.07, 6.45) is 2.30. The van der Waals surface area contributed by atoms with E-state index in [2.05, 4.69) is 11.1 Å². The standard InChI is InChI=1S/C15H17NOS2/c17-14(15-10-18-7-8-19-15)9-11-5-6-16-13-4-2-1-3-12(11)13/h1-6,14-15,17H,7-10H2. The van der Waals surface area contributed by atoms with Crippen LogP contribution in [0.2, 0.25) is 0 Å². The Bertz CT molecular complexity index is 549. The lowest BCUT2D eigenvalue weighted by atomic mass is 10.0. The van der Waals surface area contributed by atoms with Gasteiger partial charge in [-0.1, -0.05) is 18.2 Å². The maximum atomic E-state index is 10.4. The van der Waals surface area contributed by atoms with E-state index in [9.17, 15) is 5.11 Å². The molecule has 4 heteroatoms. The van der Waals surface area contributed by atoms with E-state index in [0.29, 0.717) is 5.25 Å². The zero-order valence-corrected chi connectivity index (χ0v) is 12.3. The van der Waals surface area contributed by atoms with Gasteiger partial charge in [0.1, 0.15) is 0 Å². The van der Waals surface area contributed by atoms with Crippen LogP contribution in [-0.2, 0) is 6.42 Å². The number of hydrogen-bond donors (Lipinski definition) is 1. The molecule has 0 aliphatic carbocycles. The Morgan fingerprint density at radius 1 is 1.26 bits per heavy atom. The molecule has 2 heterocycles. The van der Waals surface area contributed by atoms with Gasteiger partial charge >= 0.3 is 0 Å². The van der Waals surface area contributed by atoms with Crippen molar-refractivity contribution in [2.24, 2.45) is 0 Å². The largest absolute Gasteiger partial charge is 0.392 e. The first-order chi connectivity index (χ1) is 9.34. The number of aliphatic hydroxyl groups excluding tert-OH is 1. The minimum Gasteiger partial charge on any atom is -0.392 e. The summed E-state index contributed by atoms with van der Waals surface area (Å²) in [5, 5.41) is 12.0. The Kier molecular flexibility index (Phi) is 4.31. The summed E-state index contributed by atoms with van der Waals surface area (Å²) >= 11 is 3.86. The number of aromatic nitrogens is 1. The van der Waals surface area contributed by atoms with Crippen LogP contribution < -0.4 is 0 Å². The average molecular weight is 291 g/mol. The Balaban J connectivity index is 1.80. The van der Waals surface area contributed by atoms with Crippen LogP contribution in [0.5, 0.6) is 0 Å². The topological polar surface area (TPSA) is 33.1 Å². The quantitative estimate of drug-likeness (QED) is 0.942. The Morgan fingerprint density at radius 2 is 2.16 bits per heavy atom. The van der Waals surface area contributed by atoms with Crippen LogP contribution in [0.3, 0.4) is 0 Å². The van der Waals surface area contributed by atoms with Gasteiger partial charge in [0.15, 0.2) is 0 Å². The lowest BCUT2D eigenvalue weighted by Gasteiger charge is -2.26. The highest BCUT2D eigenvalue weighted by molar-refractivity contribution is 8.06. The third kappa shape index (κ3) is 3.07. The fourth-order valence-electron chi connectivity index (χ4n) is 2.42. The predicted molar refractivity (Wildman–Crippen MR) is 85.0 cm³/mol. The molecule has 2 atom stereocenters. The van der Waals surface area contributed by atoms with Crippen molar-refractivity contribution in [1.29, 1.82) is 0 Å². The van der Waals surface area contributed by atoms with Crippen molar-refractivity contribution >= 4 is 34.4 Å². The Morgan fingerprint density at radius 3 is 3.00 bits per heavy atom. The summed E-state index contributed by atoms with van der Waals surface area (Å²) in [4.78, 5) is 4.37. The number of benzene rings is 1. The predicted octanol–water partition coefficient (Wildman–Crippen LogP) is 2.99. The fourth-order valence-corrected chi connectivity index (χ4v) is 5.19. The Labute approximate surface area is 122 Å². The van der Waals surface area contributed by atoms with Crippen molar-refractivity contribution < 1.29 is 5.11 Å². The second kappa shape index (κ2) is 6.16. The van der Waals surface area contributed by atoms with E-state index in [4.69, 9.17) is 0 Å². The lowest BCUT2D eigenvalue weighted by molar-refractivity contribution is 0.178. The molecular weight excluding hydrogens is 274 g/mol.